The molecule has 7 heteroatoms. The fourth-order valence-corrected chi connectivity index (χ4v) is 3.15. The van der Waals surface area contributed by atoms with Gasteiger partial charge in [0.05, 0.1) is 10.6 Å². The molecule has 0 bridgehead atoms. The first kappa shape index (κ1) is 17.5. The van der Waals surface area contributed by atoms with Gasteiger partial charge in [0.1, 0.15) is 0 Å². The van der Waals surface area contributed by atoms with E-state index < -0.39 is 0 Å². The second-order valence-corrected chi connectivity index (χ2v) is 5.41. The van der Waals surface area contributed by atoms with Gasteiger partial charge in [0.15, 0.2) is 0 Å². The Hall–Kier alpha value is -0.550. The number of piperidine rings is 1. The second-order valence-electron chi connectivity index (χ2n) is 5.00. The molecule has 0 spiro atoms. The second kappa shape index (κ2) is 7.46. The lowest BCUT2D eigenvalue weighted by Crippen LogP contribution is -2.46. The molecule has 2 aliphatic rings. The summed E-state index contributed by atoms with van der Waals surface area (Å²) in [6.45, 7) is 2.73. The van der Waals surface area contributed by atoms with Gasteiger partial charge in [-0.05, 0) is 31.4 Å². The number of nitrogens with zero attached hydrogens (tertiary/aromatic N) is 2. The van der Waals surface area contributed by atoms with E-state index in [4.69, 9.17) is 11.6 Å². The molecule has 4 nitrogen and oxygen atoms in total. The molecular weight excluding hydrogens is 321 g/mol. The predicted molar refractivity (Wildman–Crippen MR) is 84.2 cm³/mol. The maximum absolute atomic E-state index is 12.4. The zero-order chi connectivity index (χ0) is 12.5. The molecule has 1 aromatic heterocycles. The van der Waals surface area contributed by atoms with Crippen LogP contribution in [0.5, 0.6) is 0 Å². The molecule has 20 heavy (non-hydrogen) atoms. The molecule has 2 aliphatic heterocycles. The van der Waals surface area contributed by atoms with Crippen molar-refractivity contribution in [2.75, 3.05) is 19.6 Å². The molecule has 0 radical (unpaired) electrons. The summed E-state index contributed by atoms with van der Waals surface area (Å²) in [5, 5.41) is 3.93. The number of rotatable bonds is 1. The minimum Gasteiger partial charge on any atom is -0.338 e. The summed E-state index contributed by atoms with van der Waals surface area (Å²) < 4.78 is 0. The Morgan fingerprint density at radius 2 is 2.20 bits per heavy atom. The maximum atomic E-state index is 12.4. The van der Waals surface area contributed by atoms with Crippen molar-refractivity contribution in [3.8, 4) is 0 Å². The van der Waals surface area contributed by atoms with Gasteiger partial charge < -0.3 is 10.2 Å². The van der Waals surface area contributed by atoms with Crippen molar-refractivity contribution in [2.45, 2.75) is 18.9 Å². The third-order valence-electron chi connectivity index (χ3n) is 3.95. The fourth-order valence-electron chi connectivity index (χ4n) is 2.95. The number of aromatic nitrogens is 1. The molecule has 112 valence electrons. The number of pyridine rings is 1. The Labute approximate surface area is 136 Å². The molecular formula is C13H18Cl3N3O. The van der Waals surface area contributed by atoms with Gasteiger partial charge >= 0.3 is 0 Å². The van der Waals surface area contributed by atoms with Crippen molar-refractivity contribution < 1.29 is 4.79 Å². The van der Waals surface area contributed by atoms with Crippen molar-refractivity contribution >= 4 is 42.3 Å². The third kappa shape index (κ3) is 3.37. The van der Waals surface area contributed by atoms with Crippen LogP contribution < -0.4 is 5.32 Å². The van der Waals surface area contributed by atoms with Crippen LogP contribution in [0.25, 0.3) is 0 Å². The summed E-state index contributed by atoms with van der Waals surface area (Å²) in [5.41, 5.74) is 0.566. The molecule has 0 aromatic carbocycles. The number of hydrogen-bond donors (Lipinski definition) is 1. The molecule has 2 unspecified atom stereocenters. The lowest BCUT2D eigenvalue weighted by atomic mass is 9.93. The van der Waals surface area contributed by atoms with Crippen molar-refractivity contribution in [1.29, 1.82) is 0 Å². The van der Waals surface area contributed by atoms with Crippen molar-refractivity contribution in [3.63, 3.8) is 0 Å². The Morgan fingerprint density at radius 3 is 2.95 bits per heavy atom. The Morgan fingerprint density at radius 1 is 1.40 bits per heavy atom. The van der Waals surface area contributed by atoms with Gasteiger partial charge in [-0.2, -0.15) is 0 Å². The molecule has 3 rings (SSSR count). The van der Waals surface area contributed by atoms with Crippen molar-refractivity contribution in [1.82, 2.24) is 15.2 Å². The molecule has 1 N–H and O–H groups in total. The molecule has 3 heterocycles. The van der Waals surface area contributed by atoms with Crippen LogP contribution in [0.15, 0.2) is 18.5 Å². The highest BCUT2D eigenvalue weighted by atomic mass is 35.5. The lowest BCUT2D eigenvalue weighted by molar-refractivity contribution is 0.0662. The molecule has 1 amide bonds. The van der Waals surface area contributed by atoms with Crippen LogP contribution >= 0.6 is 36.4 Å². The normalized spacial score (nSPS) is 24.4. The smallest absolute Gasteiger partial charge is 0.255 e. The van der Waals surface area contributed by atoms with E-state index in [-0.39, 0.29) is 30.7 Å². The summed E-state index contributed by atoms with van der Waals surface area (Å²) in [6, 6.07) is 2.30. The van der Waals surface area contributed by atoms with Crippen LogP contribution in [0.2, 0.25) is 5.02 Å². The van der Waals surface area contributed by atoms with E-state index in [0.717, 1.165) is 26.1 Å². The highest BCUT2D eigenvalue weighted by Gasteiger charge is 2.34. The number of halogens is 3. The summed E-state index contributed by atoms with van der Waals surface area (Å²) in [7, 11) is 0. The average molecular weight is 339 g/mol. The van der Waals surface area contributed by atoms with Crippen molar-refractivity contribution in [2.24, 2.45) is 5.92 Å². The summed E-state index contributed by atoms with van der Waals surface area (Å²) in [5.74, 6) is 0.635. The van der Waals surface area contributed by atoms with Crippen LogP contribution in [-0.4, -0.2) is 41.5 Å². The van der Waals surface area contributed by atoms with Crippen molar-refractivity contribution in [3.05, 3.63) is 29.0 Å². The fraction of sp³-hybridized carbons (Fsp3) is 0.538. The molecule has 0 aliphatic carbocycles. The molecule has 1 aromatic rings. The highest BCUT2D eigenvalue weighted by molar-refractivity contribution is 6.33. The van der Waals surface area contributed by atoms with Gasteiger partial charge in [-0.1, -0.05) is 11.6 Å². The standard InChI is InChI=1S/C13H16ClN3O.2ClH/c14-11-7-15-4-2-10(11)13(18)17-6-3-12-9(8-17)1-5-16-12;;/h2,4,7,9,12,16H,1,3,5-6,8H2;2*1H. The van der Waals surface area contributed by atoms with Crippen LogP contribution in [0, 0.1) is 5.92 Å². The van der Waals surface area contributed by atoms with Crippen LogP contribution in [0.3, 0.4) is 0 Å². The first-order valence-electron chi connectivity index (χ1n) is 6.38. The van der Waals surface area contributed by atoms with E-state index in [0.29, 0.717) is 22.5 Å². The summed E-state index contributed by atoms with van der Waals surface area (Å²) in [4.78, 5) is 18.2. The first-order chi connectivity index (χ1) is 8.75. The minimum atomic E-state index is 0. The first-order valence-corrected chi connectivity index (χ1v) is 6.75. The highest BCUT2D eigenvalue weighted by Crippen LogP contribution is 2.26. The van der Waals surface area contributed by atoms with E-state index in [2.05, 4.69) is 10.3 Å². The lowest BCUT2D eigenvalue weighted by Gasteiger charge is -2.35. The number of hydrogen-bond acceptors (Lipinski definition) is 3. The van der Waals surface area contributed by atoms with E-state index in [1.165, 1.54) is 12.6 Å². The van der Waals surface area contributed by atoms with Gasteiger partial charge in [-0.25, -0.2) is 0 Å². The third-order valence-corrected chi connectivity index (χ3v) is 4.25. The number of likely N-dealkylation sites (tertiary alicyclic amines) is 1. The number of amides is 1. The number of fused-ring (bicyclic) bond motifs is 1. The summed E-state index contributed by atoms with van der Waals surface area (Å²) >= 11 is 6.03. The topological polar surface area (TPSA) is 45.2 Å². The maximum Gasteiger partial charge on any atom is 0.255 e. The average Bonchev–Trinajstić information content (AvgIpc) is 2.85. The van der Waals surface area contributed by atoms with Gasteiger partial charge in [0.2, 0.25) is 0 Å². The largest absolute Gasteiger partial charge is 0.338 e. The monoisotopic (exact) mass is 337 g/mol. The van der Waals surface area contributed by atoms with Gasteiger partial charge in [0.25, 0.3) is 5.91 Å². The Kier molecular flexibility index (Phi) is 6.52. The van der Waals surface area contributed by atoms with Gasteiger partial charge in [-0.3, -0.25) is 9.78 Å². The Balaban J connectivity index is 0.000001000. The van der Waals surface area contributed by atoms with Gasteiger partial charge in [-0.15, -0.1) is 24.8 Å². The van der Waals surface area contributed by atoms with Crippen LogP contribution in [0.4, 0.5) is 0 Å². The van der Waals surface area contributed by atoms with Crippen LogP contribution in [0.1, 0.15) is 23.2 Å². The predicted octanol–water partition coefficient (Wildman–Crippen LogP) is 2.40. The number of nitrogens with one attached hydrogen (secondary N) is 1. The van der Waals surface area contributed by atoms with E-state index in [1.54, 1.807) is 12.3 Å². The molecule has 2 atom stereocenters. The van der Waals surface area contributed by atoms with E-state index >= 15 is 0 Å². The molecule has 0 saturated carbocycles. The zero-order valence-electron chi connectivity index (χ0n) is 10.9. The minimum absolute atomic E-state index is 0. The molecule has 2 saturated heterocycles. The zero-order valence-corrected chi connectivity index (χ0v) is 13.3. The van der Waals surface area contributed by atoms with E-state index in [9.17, 15) is 4.79 Å². The van der Waals surface area contributed by atoms with Gasteiger partial charge in [0, 0.05) is 31.5 Å². The Bertz CT molecular complexity index is 472. The number of carbonyl (C=O) groups excluding carboxylic acids is 1. The van der Waals surface area contributed by atoms with E-state index in [1.807, 2.05) is 4.90 Å². The van der Waals surface area contributed by atoms with Crippen LogP contribution in [-0.2, 0) is 0 Å². The molecule has 2 fully saturated rings. The quantitative estimate of drug-likeness (QED) is 0.855. The summed E-state index contributed by atoms with van der Waals surface area (Å²) in [6.07, 6.45) is 5.35. The number of carbonyl (C=O) groups is 1. The SMILES string of the molecule is Cl.Cl.O=C(c1ccncc1Cl)N1CCC2NCCC2C1.